The number of hydrogen-bond acceptors (Lipinski definition) is 5. The fraction of sp³-hybridized carbons (Fsp3) is 0. The Bertz CT molecular complexity index is 3160. The van der Waals surface area contributed by atoms with Gasteiger partial charge in [0.25, 0.3) is 0 Å². The van der Waals surface area contributed by atoms with Crippen LogP contribution in [0.3, 0.4) is 0 Å². The quantitative estimate of drug-likeness (QED) is 0.172. The predicted molar refractivity (Wildman–Crippen MR) is 222 cm³/mol. The van der Waals surface area contributed by atoms with Gasteiger partial charge in [-0.05, 0) is 46.2 Å². The van der Waals surface area contributed by atoms with Crippen molar-refractivity contribution in [2.45, 2.75) is 0 Å². The summed E-state index contributed by atoms with van der Waals surface area (Å²) in [5, 5.41) is 7.40. The Labute approximate surface area is 307 Å². The third-order valence-corrected chi connectivity index (χ3v) is 12.4. The van der Waals surface area contributed by atoms with Gasteiger partial charge in [0.1, 0.15) is 0 Å². The second kappa shape index (κ2) is 11.6. The first-order chi connectivity index (χ1) is 25.7. The maximum Gasteiger partial charge on any atom is 0.160 e. The maximum atomic E-state index is 5.34. The first-order valence-electron chi connectivity index (χ1n) is 17.3. The Morgan fingerprint density at radius 3 is 1.62 bits per heavy atom. The summed E-state index contributed by atoms with van der Waals surface area (Å²) in [6.45, 7) is 0. The number of aromatic nitrogens is 3. The van der Waals surface area contributed by atoms with Crippen molar-refractivity contribution < 1.29 is 0 Å². The van der Waals surface area contributed by atoms with E-state index in [9.17, 15) is 0 Å². The highest BCUT2D eigenvalue weighted by molar-refractivity contribution is 7.26. The highest BCUT2D eigenvalue weighted by Crippen LogP contribution is 2.44. The van der Waals surface area contributed by atoms with Gasteiger partial charge in [-0.25, -0.2) is 15.0 Å². The van der Waals surface area contributed by atoms with Crippen LogP contribution in [-0.4, -0.2) is 15.0 Å². The maximum absolute atomic E-state index is 5.34. The summed E-state index contributed by atoms with van der Waals surface area (Å²) in [7, 11) is 0. The summed E-state index contributed by atoms with van der Waals surface area (Å²) in [6.07, 6.45) is 0. The standard InChI is InChI=1S/C47H27N3S2/c1-2-10-32(11-3-1)47-49-43(46-44(50-47)36-15-7-9-17-40(36)52-46)31-24-20-29(21-25-31)28-18-22-30(23-19-28)42-45-41(35-14-6-8-16-39(35)51-45)37-26-33-12-4-5-13-34(33)27-38(37)48-42/h1-27H. The summed E-state index contributed by atoms with van der Waals surface area (Å²) < 4.78 is 4.84. The number of pyridine rings is 1. The van der Waals surface area contributed by atoms with Crippen LogP contribution >= 0.6 is 22.7 Å². The minimum atomic E-state index is 0.745. The van der Waals surface area contributed by atoms with Gasteiger partial charge in [0.2, 0.25) is 0 Å². The van der Waals surface area contributed by atoms with Crippen LogP contribution in [0.1, 0.15) is 0 Å². The van der Waals surface area contributed by atoms with Crippen LogP contribution in [0.15, 0.2) is 164 Å². The molecule has 52 heavy (non-hydrogen) atoms. The third kappa shape index (κ3) is 4.67. The lowest BCUT2D eigenvalue weighted by molar-refractivity contribution is 1.24. The molecule has 0 bridgehead atoms. The molecule has 11 aromatic rings. The van der Waals surface area contributed by atoms with Crippen molar-refractivity contribution in [1.29, 1.82) is 0 Å². The number of rotatable bonds is 4. The molecule has 4 aromatic heterocycles. The Kier molecular flexibility index (Phi) is 6.59. The Morgan fingerprint density at radius 1 is 0.365 bits per heavy atom. The molecule has 7 aromatic carbocycles. The lowest BCUT2D eigenvalue weighted by atomic mass is 9.98. The largest absolute Gasteiger partial charge is 0.246 e. The molecule has 0 saturated carbocycles. The molecule has 0 saturated heterocycles. The monoisotopic (exact) mass is 697 g/mol. The van der Waals surface area contributed by atoms with E-state index in [0.717, 1.165) is 60.8 Å². The van der Waals surface area contributed by atoms with Gasteiger partial charge < -0.3 is 0 Å². The lowest BCUT2D eigenvalue weighted by Crippen LogP contribution is -1.93. The van der Waals surface area contributed by atoms with Crippen molar-refractivity contribution in [3.05, 3.63) is 164 Å². The Hall–Kier alpha value is -6.27. The number of thiophene rings is 2. The summed E-state index contributed by atoms with van der Waals surface area (Å²) >= 11 is 3.59. The van der Waals surface area contributed by atoms with Crippen LogP contribution in [-0.2, 0) is 0 Å². The molecule has 0 unspecified atom stereocenters. The minimum absolute atomic E-state index is 0.745. The lowest BCUT2D eigenvalue weighted by Gasteiger charge is -2.10. The van der Waals surface area contributed by atoms with Gasteiger partial charge in [-0.15, -0.1) is 22.7 Å². The zero-order chi connectivity index (χ0) is 34.2. The summed E-state index contributed by atoms with van der Waals surface area (Å²) in [5.74, 6) is 0.745. The van der Waals surface area contributed by atoms with Crippen LogP contribution in [0.2, 0.25) is 0 Å². The van der Waals surface area contributed by atoms with Gasteiger partial charge in [-0.1, -0.05) is 140 Å². The van der Waals surface area contributed by atoms with Gasteiger partial charge in [-0.2, -0.15) is 0 Å². The normalized spacial score (nSPS) is 11.8. The Balaban J connectivity index is 1.00. The predicted octanol–water partition coefficient (Wildman–Crippen LogP) is 13.6. The molecule has 0 fully saturated rings. The first kappa shape index (κ1) is 29.5. The molecule has 0 aliphatic heterocycles. The smallest absolute Gasteiger partial charge is 0.160 e. The summed E-state index contributed by atoms with van der Waals surface area (Å²) in [4.78, 5) is 15.6. The van der Waals surface area contributed by atoms with E-state index in [-0.39, 0.29) is 0 Å². The fourth-order valence-electron chi connectivity index (χ4n) is 7.51. The topological polar surface area (TPSA) is 38.7 Å². The zero-order valence-electron chi connectivity index (χ0n) is 27.7. The van der Waals surface area contributed by atoms with Crippen molar-refractivity contribution in [3.63, 3.8) is 0 Å². The molecule has 4 heterocycles. The first-order valence-corrected chi connectivity index (χ1v) is 19.0. The minimum Gasteiger partial charge on any atom is -0.246 e. The van der Waals surface area contributed by atoms with Crippen LogP contribution < -0.4 is 0 Å². The van der Waals surface area contributed by atoms with E-state index in [0.29, 0.717) is 0 Å². The second-order valence-electron chi connectivity index (χ2n) is 13.2. The average Bonchev–Trinajstić information content (AvgIpc) is 3.79. The number of benzene rings is 7. The molecule has 0 atom stereocenters. The highest BCUT2D eigenvalue weighted by atomic mass is 32.1. The molecule has 0 spiro atoms. The van der Waals surface area contributed by atoms with E-state index in [1.165, 1.54) is 46.4 Å². The molecule has 5 heteroatoms. The van der Waals surface area contributed by atoms with Gasteiger partial charge in [0, 0.05) is 47.6 Å². The molecule has 11 rings (SSSR count). The van der Waals surface area contributed by atoms with Crippen LogP contribution in [0.4, 0.5) is 0 Å². The second-order valence-corrected chi connectivity index (χ2v) is 15.3. The van der Waals surface area contributed by atoms with E-state index in [2.05, 4.69) is 146 Å². The third-order valence-electron chi connectivity index (χ3n) is 10.1. The van der Waals surface area contributed by atoms with Crippen molar-refractivity contribution in [3.8, 4) is 45.0 Å². The molecule has 242 valence electrons. The van der Waals surface area contributed by atoms with E-state index < -0.39 is 0 Å². The SMILES string of the molecule is c1ccc(-c2nc(-c3ccc(-c4ccc(-c5nc6cc7ccccc7cc6c6c5sc5ccccc56)cc4)cc3)c3sc4ccccc4c3n2)cc1. The van der Waals surface area contributed by atoms with Crippen molar-refractivity contribution >= 4 is 84.8 Å². The number of nitrogens with zero attached hydrogens (tertiary/aromatic N) is 3. The molecule has 0 aliphatic carbocycles. The highest BCUT2D eigenvalue weighted by Gasteiger charge is 2.18. The van der Waals surface area contributed by atoms with Gasteiger partial charge in [0.15, 0.2) is 5.82 Å². The van der Waals surface area contributed by atoms with Crippen molar-refractivity contribution in [2.24, 2.45) is 0 Å². The van der Waals surface area contributed by atoms with Crippen molar-refractivity contribution in [1.82, 2.24) is 15.0 Å². The van der Waals surface area contributed by atoms with Gasteiger partial charge >= 0.3 is 0 Å². The van der Waals surface area contributed by atoms with Crippen LogP contribution in [0, 0.1) is 0 Å². The molecule has 0 N–H and O–H groups in total. The van der Waals surface area contributed by atoms with E-state index in [4.69, 9.17) is 15.0 Å². The van der Waals surface area contributed by atoms with E-state index in [1.807, 2.05) is 29.5 Å². The van der Waals surface area contributed by atoms with Crippen LogP contribution in [0.25, 0.3) is 107 Å². The van der Waals surface area contributed by atoms with Gasteiger partial charge in [0.05, 0.1) is 31.8 Å². The molecule has 0 aliphatic rings. The fourth-order valence-corrected chi connectivity index (χ4v) is 9.89. The van der Waals surface area contributed by atoms with E-state index >= 15 is 0 Å². The number of fused-ring (bicyclic) bond motifs is 9. The molecule has 0 radical (unpaired) electrons. The van der Waals surface area contributed by atoms with E-state index in [1.54, 1.807) is 11.3 Å². The zero-order valence-corrected chi connectivity index (χ0v) is 29.4. The van der Waals surface area contributed by atoms with Crippen LogP contribution in [0.5, 0.6) is 0 Å². The molecular formula is C47H27N3S2. The Morgan fingerprint density at radius 2 is 0.904 bits per heavy atom. The summed E-state index contributed by atoms with van der Waals surface area (Å²) in [6, 6.07) is 58.3. The van der Waals surface area contributed by atoms with Gasteiger partial charge in [-0.3, -0.25) is 0 Å². The summed E-state index contributed by atoms with van der Waals surface area (Å²) in [5.41, 5.74) is 9.56. The molecule has 3 nitrogen and oxygen atoms in total. The molecular weight excluding hydrogens is 671 g/mol. The van der Waals surface area contributed by atoms with Crippen molar-refractivity contribution in [2.75, 3.05) is 0 Å². The number of hydrogen-bond donors (Lipinski definition) is 0. The molecule has 0 amide bonds. The average molecular weight is 698 g/mol.